The standard InChI is InChI=1S/C15H21N3O2/c1-17(2)12-4-7-16-13(10-12)14(19)18-8-9-20-11-15(18)5-3-6-15/h4,7,10H,3,5-6,8-9,11H2,1-2H3. The summed E-state index contributed by atoms with van der Waals surface area (Å²) < 4.78 is 5.58. The van der Waals surface area contributed by atoms with Crippen molar-refractivity contribution in [2.24, 2.45) is 0 Å². The van der Waals surface area contributed by atoms with E-state index in [1.165, 1.54) is 6.42 Å². The highest BCUT2D eigenvalue weighted by molar-refractivity contribution is 5.94. The molecule has 5 heteroatoms. The molecule has 2 heterocycles. The molecule has 3 rings (SSSR count). The summed E-state index contributed by atoms with van der Waals surface area (Å²) in [5.74, 6) is 0.0386. The Labute approximate surface area is 119 Å². The maximum Gasteiger partial charge on any atom is 0.273 e. The summed E-state index contributed by atoms with van der Waals surface area (Å²) in [6.07, 6.45) is 4.98. The number of hydrogen-bond donors (Lipinski definition) is 0. The SMILES string of the molecule is CN(C)c1ccnc(C(=O)N2CCOCC23CCC3)c1. The summed E-state index contributed by atoms with van der Waals surface area (Å²) in [6.45, 7) is 1.97. The highest BCUT2D eigenvalue weighted by Gasteiger charge is 2.47. The average molecular weight is 275 g/mol. The summed E-state index contributed by atoms with van der Waals surface area (Å²) in [6, 6.07) is 3.78. The van der Waals surface area contributed by atoms with Crippen molar-refractivity contribution in [2.75, 3.05) is 38.8 Å². The maximum absolute atomic E-state index is 12.8. The fraction of sp³-hybridized carbons (Fsp3) is 0.600. The maximum atomic E-state index is 12.8. The van der Waals surface area contributed by atoms with Gasteiger partial charge in [0.1, 0.15) is 5.69 Å². The van der Waals surface area contributed by atoms with Gasteiger partial charge in [0, 0.05) is 32.5 Å². The van der Waals surface area contributed by atoms with Crippen molar-refractivity contribution in [3.8, 4) is 0 Å². The minimum Gasteiger partial charge on any atom is -0.378 e. The third-order valence-corrected chi connectivity index (χ3v) is 4.41. The van der Waals surface area contributed by atoms with Crippen molar-refractivity contribution in [1.29, 1.82) is 0 Å². The average Bonchev–Trinajstić information content (AvgIpc) is 2.45. The molecule has 0 unspecified atom stereocenters. The molecule has 1 aliphatic heterocycles. The molecule has 0 atom stereocenters. The van der Waals surface area contributed by atoms with Crippen LogP contribution in [0.2, 0.25) is 0 Å². The molecule has 1 aromatic rings. The van der Waals surface area contributed by atoms with Crippen LogP contribution >= 0.6 is 0 Å². The number of morpholine rings is 1. The highest BCUT2D eigenvalue weighted by atomic mass is 16.5. The van der Waals surface area contributed by atoms with E-state index in [4.69, 9.17) is 4.74 Å². The normalized spacial score (nSPS) is 20.6. The zero-order valence-corrected chi connectivity index (χ0v) is 12.1. The molecule has 5 nitrogen and oxygen atoms in total. The molecule has 1 spiro atoms. The van der Waals surface area contributed by atoms with Crippen LogP contribution < -0.4 is 4.90 Å². The number of hydrogen-bond acceptors (Lipinski definition) is 4. The van der Waals surface area contributed by atoms with Crippen LogP contribution in [0.5, 0.6) is 0 Å². The first-order valence-electron chi connectivity index (χ1n) is 7.15. The molecule has 2 fully saturated rings. The number of carbonyl (C=O) groups is 1. The van der Waals surface area contributed by atoms with Gasteiger partial charge in [-0.25, -0.2) is 0 Å². The minimum absolute atomic E-state index is 0.0386. The van der Waals surface area contributed by atoms with Gasteiger partial charge in [-0.2, -0.15) is 0 Å². The molecule has 0 bridgehead atoms. The Morgan fingerprint density at radius 3 is 2.90 bits per heavy atom. The molecule has 1 aromatic heterocycles. The van der Waals surface area contributed by atoms with E-state index in [0.717, 1.165) is 18.5 Å². The predicted molar refractivity (Wildman–Crippen MR) is 77.0 cm³/mol. The lowest BCUT2D eigenvalue weighted by atomic mass is 9.75. The van der Waals surface area contributed by atoms with E-state index >= 15 is 0 Å². The van der Waals surface area contributed by atoms with Crippen molar-refractivity contribution in [2.45, 2.75) is 24.8 Å². The van der Waals surface area contributed by atoms with Crippen LogP contribution in [-0.4, -0.2) is 55.2 Å². The Balaban J connectivity index is 1.86. The number of rotatable bonds is 2. The van der Waals surface area contributed by atoms with E-state index in [2.05, 4.69) is 4.98 Å². The molecule has 2 aliphatic rings. The lowest BCUT2D eigenvalue weighted by molar-refractivity contribution is -0.0879. The number of ether oxygens (including phenoxy) is 1. The topological polar surface area (TPSA) is 45.7 Å². The second kappa shape index (κ2) is 5.05. The lowest BCUT2D eigenvalue weighted by Crippen LogP contribution is -2.62. The van der Waals surface area contributed by atoms with Crippen molar-refractivity contribution >= 4 is 11.6 Å². The number of nitrogens with zero attached hydrogens (tertiary/aromatic N) is 3. The zero-order valence-electron chi connectivity index (χ0n) is 12.1. The largest absolute Gasteiger partial charge is 0.378 e. The molecule has 1 aliphatic carbocycles. The van der Waals surface area contributed by atoms with Gasteiger partial charge in [0.15, 0.2) is 0 Å². The monoisotopic (exact) mass is 275 g/mol. The van der Waals surface area contributed by atoms with E-state index in [-0.39, 0.29) is 11.4 Å². The van der Waals surface area contributed by atoms with E-state index < -0.39 is 0 Å². The Hall–Kier alpha value is -1.62. The summed E-state index contributed by atoms with van der Waals surface area (Å²) >= 11 is 0. The van der Waals surface area contributed by atoms with Crippen molar-refractivity contribution in [3.63, 3.8) is 0 Å². The van der Waals surface area contributed by atoms with Gasteiger partial charge in [0.2, 0.25) is 0 Å². The number of anilines is 1. The van der Waals surface area contributed by atoms with Crippen LogP contribution in [0.1, 0.15) is 29.8 Å². The predicted octanol–water partition coefficient (Wildman–Crippen LogP) is 1.54. The molecule has 1 saturated carbocycles. The highest BCUT2D eigenvalue weighted by Crippen LogP contribution is 2.40. The van der Waals surface area contributed by atoms with Crippen LogP contribution in [0.25, 0.3) is 0 Å². The van der Waals surface area contributed by atoms with Gasteiger partial charge in [-0.3, -0.25) is 9.78 Å². The Bertz CT molecular complexity index is 512. The van der Waals surface area contributed by atoms with Crippen molar-refractivity contribution in [1.82, 2.24) is 9.88 Å². The van der Waals surface area contributed by atoms with Crippen LogP contribution in [0.4, 0.5) is 5.69 Å². The van der Waals surface area contributed by atoms with Gasteiger partial charge in [-0.1, -0.05) is 0 Å². The van der Waals surface area contributed by atoms with E-state index in [0.29, 0.717) is 25.5 Å². The quantitative estimate of drug-likeness (QED) is 0.821. The molecule has 1 saturated heterocycles. The van der Waals surface area contributed by atoms with Gasteiger partial charge in [-0.15, -0.1) is 0 Å². The van der Waals surface area contributed by atoms with Crippen molar-refractivity contribution in [3.05, 3.63) is 24.0 Å². The van der Waals surface area contributed by atoms with Gasteiger partial charge in [0.05, 0.1) is 18.8 Å². The zero-order chi connectivity index (χ0) is 14.2. The smallest absolute Gasteiger partial charge is 0.273 e. The van der Waals surface area contributed by atoms with E-state index in [9.17, 15) is 4.79 Å². The van der Waals surface area contributed by atoms with E-state index in [1.54, 1.807) is 6.20 Å². The van der Waals surface area contributed by atoms with Crippen molar-refractivity contribution < 1.29 is 9.53 Å². The first kappa shape index (κ1) is 13.4. The number of aromatic nitrogens is 1. The van der Waals surface area contributed by atoms with Crippen LogP contribution in [0.3, 0.4) is 0 Å². The molecular formula is C15H21N3O2. The fourth-order valence-electron chi connectivity index (χ4n) is 3.00. The Kier molecular flexibility index (Phi) is 3.38. The van der Waals surface area contributed by atoms with Crippen LogP contribution in [-0.2, 0) is 4.74 Å². The fourth-order valence-corrected chi connectivity index (χ4v) is 3.00. The summed E-state index contributed by atoms with van der Waals surface area (Å²) in [5.41, 5.74) is 1.47. The molecule has 20 heavy (non-hydrogen) atoms. The van der Waals surface area contributed by atoms with Crippen LogP contribution in [0, 0.1) is 0 Å². The van der Waals surface area contributed by atoms with E-state index in [1.807, 2.05) is 36.0 Å². The third-order valence-electron chi connectivity index (χ3n) is 4.41. The summed E-state index contributed by atoms with van der Waals surface area (Å²) in [5, 5.41) is 0. The Morgan fingerprint density at radius 1 is 1.45 bits per heavy atom. The summed E-state index contributed by atoms with van der Waals surface area (Å²) in [4.78, 5) is 21.0. The molecular weight excluding hydrogens is 254 g/mol. The number of amides is 1. The van der Waals surface area contributed by atoms with Gasteiger partial charge in [-0.05, 0) is 31.4 Å². The van der Waals surface area contributed by atoms with Gasteiger partial charge in [0.25, 0.3) is 5.91 Å². The molecule has 108 valence electrons. The number of carbonyl (C=O) groups excluding carboxylic acids is 1. The van der Waals surface area contributed by atoms with Gasteiger partial charge < -0.3 is 14.5 Å². The lowest BCUT2D eigenvalue weighted by Gasteiger charge is -2.52. The molecule has 1 amide bonds. The van der Waals surface area contributed by atoms with Crippen LogP contribution in [0.15, 0.2) is 18.3 Å². The molecule has 0 radical (unpaired) electrons. The second-order valence-corrected chi connectivity index (χ2v) is 5.88. The first-order valence-corrected chi connectivity index (χ1v) is 7.15. The third kappa shape index (κ3) is 2.16. The molecule has 0 N–H and O–H groups in total. The summed E-state index contributed by atoms with van der Waals surface area (Å²) in [7, 11) is 3.93. The Morgan fingerprint density at radius 2 is 2.25 bits per heavy atom. The first-order chi connectivity index (χ1) is 9.62. The molecule has 0 aromatic carbocycles. The van der Waals surface area contributed by atoms with Gasteiger partial charge >= 0.3 is 0 Å². The number of pyridine rings is 1. The minimum atomic E-state index is -0.0644. The second-order valence-electron chi connectivity index (χ2n) is 5.88.